The van der Waals surface area contributed by atoms with Crippen LogP contribution < -0.4 is 10.6 Å². The van der Waals surface area contributed by atoms with Crippen molar-refractivity contribution in [3.63, 3.8) is 0 Å². The fourth-order valence-corrected chi connectivity index (χ4v) is 2.26. The van der Waals surface area contributed by atoms with Crippen LogP contribution in [0.15, 0.2) is 41.0 Å². The van der Waals surface area contributed by atoms with E-state index in [-0.39, 0.29) is 17.1 Å². The van der Waals surface area contributed by atoms with Crippen LogP contribution in [0.1, 0.15) is 23.0 Å². The van der Waals surface area contributed by atoms with E-state index in [9.17, 15) is 24.5 Å². The van der Waals surface area contributed by atoms with Gasteiger partial charge in [-0.15, -0.1) is 0 Å². The van der Waals surface area contributed by atoms with Gasteiger partial charge < -0.3 is 19.8 Å². The summed E-state index contributed by atoms with van der Waals surface area (Å²) >= 11 is 5.68. The Kier molecular flexibility index (Phi) is 7.10. The van der Waals surface area contributed by atoms with Crippen molar-refractivity contribution in [2.75, 3.05) is 6.54 Å². The maximum atomic E-state index is 12.0. The first-order chi connectivity index (χ1) is 13.3. The average Bonchev–Trinajstić information content (AvgIpc) is 3.17. The number of benzene rings is 1. The smallest absolute Gasteiger partial charge is 0.326 e. The number of nitro benzene ring substituents is 1. The first-order valence-corrected chi connectivity index (χ1v) is 8.37. The van der Waals surface area contributed by atoms with Gasteiger partial charge in [0.25, 0.3) is 17.5 Å². The minimum atomic E-state index is -1.09. The molecule has 0 fully saturated rings. The maximum absolute atomic E-state index is 12.0. The number of furan rings is 1. The molecule has 0 spiro atoms. The Hall–Kier alpha value is -3.40. The molecule has 2 aromatic rings. The lowest BCUT2D eigenvalue weighted by Crippen LogP contribution is -2.38. The second-order valence-corrected chi connectivity index (χ2v) is 5.94. The number of hydrogen-bond donors (Lipinski definition) is 2. The Morgan fingerprint density at radius 3 is 2.68 bits per heavy atom. The third-order valence-electron chi connectivity index (χ3n) is 3.49. The minimum Gasteiger partial charge on any atom is -0.467 e. The lowest BCUT2D eigenvalue weighted by atomic mass is 10.2. The number of hydrogen-bond acceptors (Lipinski definition) is 7. The number of nitrogens with zero attached hydrogens (tertiary/aromatic N) is 1. The van der Waals surface area contributed by atoms with E-state index in [2.05, 4.69) is 10.6 Å². The van der Waals surface area contributed by atoms with Crippen LogP contribution in [0.2, 0.25) is 5.02 Å². The zero-order valence-electron chi connectivity index (χ0n) is 14.6. The Morgan fingerprint density at radius 1 is 1.29 bits per heavy atom. The zero-order valence-corrected chi connectivity index (χ0v) is 15.4. The van der Waals surface area contributed by atoms with Gasteiger partial charge in [-0.3, -0.25) is 24.5 Å². The molecule has 1 heterocycles. The molecule has 0 radical (unpaired) electrons. The molecule has 1 atom stereocenters. The van der Waals surface area contributed by atoms with Crippen LogP contribution in [0.3, 0.4) is 0 Å². The molecule has 2 rings (SSSR count). The molecule has 2 amide bonds. The summed E-state index contributed by atoms with van der Waals surface area (Å²) < 4.78 is 9.99. The number of ether oxygens (including phenoxy) is 1. The minimum absolute atomic E-state index is 0.0480. The van der Waals surface area contributed by atoms with Crippen molar-refractivity contribution in [3.05, 3.63) is 63.1 Å². The van der Waals surface area contributed by atoms with Crippen molar-refractivity contribution < 1.29 is 28.5 Å². The third-order valence-corrected chi connectivity index (χ3v) is 3.81. The Bertz CT molecular complexity index is 883. The summed E-state index contributed by atoms with van der Waals surface area (Å²) in [5.41, 5.74) is -0.480. The topological polar surface area (TPSA) is 141 Å². The predicted molar refractivity (Wildman–Crippen MR) is 96.5 cm³/mol. The molecule has 0 unspecified atom stereocenters. The van der Waals surface area contributed by atoms with Crippen molar-refractivity contribution in [1.29, 1.82) is 0 Å². The molecule has 0 aliphatic rings. The molecule has 10 nitrogen and oxygen atoms in total. The molecule has 0 aliphatic carbocycles. The van der Waals surface area contributed by atoms with Crippen LogP contribution in [0.5, 0.6) is 0 Å². The Morgan fingerprint density at radius 2 is 2.04 bits per heavy atom. The summed E-state index contributed by atoms with van der Waals surface area (Å²) in [5.74, 6) is -1.58. The van der Waals surface area contributed by atoms with Crippen molar-refractivity contribution in [2.24, 2.45) is 0 Å². The van der Waals surface area contributed by atoms with Crippen molar-refractivity contribution in [1.82, 2.24) is 10.6 Å². The highest BCUT2D eigenvalue weighted by Gasteiger charge is 2.20. The van der Waals surface area contributed by atoms with Crippen LogP contribution >= 0.6 is 11.6 Å². The summed E-state index contributed by atoms with van der Waals surface area (Å²) in [4.78, 5) is 45.8. The van der Waals surface area contributed by atoms with Gasteiger partial charge in [-0.1, -0.05) is 11.6 Å². The molecule has 0 bridgehead atoms. The highest BCUT2D eigenvalue weighted by Crippen LogP contribution is 2.24. The van der Waals surface area contributed by atoms with Gasteiger partial charge in [0.2, 0.25) is 0 Å². The van der Waals surface area contributed by atoms with Crippen LogP contribution in [0.25, 0.3) is 0 Å². The van der Waals surface area contributed by atoms with Gasteiger partial charge in [-0.05, 0) is 31.2 Å². The van der Waals surface area contributed by atoms with Crippen LogP contribution in [0.4, 0.5) is 5.69 Å². The first kappa shape index (κ1) is 20.9. The van der Waals surface area contributed by atoms with Gasteiger partial charge >= 0.3 is 5.97 Å². The summed E-state index contributed by atoms with van der Waals surface area (Å²) in [7, 11) is 0. The SMILES string of the molecule is C[C@@H](OC(=O)CNC(=O)c1ccc(Cl)c([N+](=O)[O-])c1)C(=O)NCc1ccco1. The van der Waals surface area contributed by atoms with E-state index in [1.54, 1.807) is 12.1 Å². The average molecular weight is 410 g/mol. The van der Waals surface area contributed by atoms with E-state index < -0.39 is 41.0 Å². The number of rotatable bonds is 8. The maximum Gasteiger partial charge on any atom is 0.326 e. The standard InChI is InChI=1S/C17H16ClN3O7/c1-10(16(23)19-8-12-3-2-6-27-12)28-15(22)9-20-17(24)11-4-5-13(18)14(7-11)21(25)26/h2-7,10H,8-9H2,1H3,(H,19,23)(H,20,24)/t10-/m1/s1. The van der Waals surface area contributed by atoms with E-state index in [1.165, 1.54) is 25.3 Å². The van der Waals surface area contributed by atoms with Crippen LogP contribution in [-0.2, 0) is 20.9 Å². The predicted octanol–water partition coefficient (Wildman–Crippen LogP) is 1.82. The molecule has 28 heavy (non-hydrogen) atoms. The van der Waals surface area contributed by atoms with E-state index in [0.717, 1.165) is 6.07 Å². The summed E-state index contributed by atoms with van der Waals surface area (Å²) in [6.45, 7) is 0.991. The van der Waals surface area contributed by atoms with E-state index >= 15 is 0 Å². The van der Waals surface area contributed by atoms with Gasteiger partial charge in [-0.25, -0.2) is 0 Å². The van der Waals surface area contributed by atoms with E-state index in [4.69, 9.17) is 20.8 Å². The second kappa shape index (κ2) is 9.51. The second-order valence-electron chi connectivity index (χ2n) is 5.54. The van der Waals surface area contributed by atoms with Gasteiger partial charge in [0.1, 0.15) is 17.3 Å². The Labute approximate surface area is 163 Å². The molecule has 0 saturated heterocycles. The first-order valence-electron chi connectivity index (χ1n) is 7.99. The third kappa shape index (κ3) is 5.81. The normalized spacial score (nSPS) is 11.4. The number of halogens is 1. The van der Waals surface area contributed by atoms with Gasteiger partial charge in [0.15, 0.2) is 6.10 Å². The molecule has 1 aromatic heterocycles. The monoisotopic (exact) mass is 409 g/mol. The highest BCUT2D eigenvalue weighted by atomic mass is 35.5. The number of esters is 1. The molecular formula is C17H16ClN3O7. The zero-order chi connectivity index (χ0) is 20.7. The molecule has 148 valence electrons. The molecule has 11 heteroatoms. The fraction of sp³-hybridized carbons (Fsp3) is 0.235. The van der Waals surface area contributed by atoms with E-state index in [1.807, 2.05) is 0 Å². The van der Waals surface area contributed by atoms with E-state index in [0.29, 0.717) is 5.76 Å². The summed E-state index contributed by atoms with van der Waals surface area (Å²) in [5, 5.41) is 15.5. The van der Waals surface area contributed by atoms with Crippen LogP contribution in [0, 0.1) is 10.1 Å². The van der Waals surface area contributed by atoms with Gasteiger partial charge in [-0.2, -0.15) is 0 Å². The Balaban J connectivity index is 1.81. The highest BCUT2D eigenvalue weighted by molar-refractivity contribution is 6.32. The summed E-state index contributed by atoms with van der Waals surface area (Å²) in [6, 6.07) is 6.82. The van der Waals surface area contributed by atoms with Gasteiger partial charge in [0.05, 0.1) is 17.7 Å². The van der Waals surface area contributed by atoms with Crippen molar-refractivity contribution in [2.45, 2.75) is 19.6 Å². The summed E-state index contributed by atoms with van der Waals surface area (Å²) in [6.07, 6.45) is 0.374. The number of nitro groups is 1. The molecular weight excluding hydrogens is 394 g/mol. The molecule has 0 saturated carbocycles. The molecule has 1 aromatic carbocycles. The fourth-order valence-electron chi connectivity index (χ4n) is 2.07. The molecule has 2 N–H and O–H groups in total. The number of carbonyl (C=O) groups is 3. The number of amides is 2. The number of carbonyl (C=O) groups excluding carboxylic acids is 3. The lowest BCUT2D eigenvalue weighted by molar-refractivity contribution is -0.384. The quantitative estimate of drug-likeness (QED) is 0.384. The van der Waals surface area contributed by atoms with Crippen molar-refractivity contribution in [3.8, 4) is 0 Å². The van der Waals surface area contributed by atoms with Gasteiger partial charge in [0, 0.05) is 11.6 Å². The van der Waals surface area contributed by atoms with Crippen LogP contribution in [-0.4, -0.2) is 35.4 Å². The molecule has 0 aliphatic heterocycles. The van der Waals surface area contributed by atoms with Crippen molar-refractivity contribution >= 4 is 35.1 Å². The number of nitrogens with one attached hydrogen (secondary N) is 2. The largest absolute Gasteiger partial charge is 0.467 e. The lowest BCUT2D eigenvalue weighted by Gasteiger charge is -2.13.